The first-order valence-corrected chi connectivity index (χ1v) is 10.5. The Morgan fingerprint density at radius 1 is 0.971 bits per heavy atom. The lowest BCUT2D eigenvalue weighted by molar-refractivity contribution is -0.116. The fourth-order valence-corrected chi connectivity index (χ4v) is 3.60. The van der Waals surface area contributed by atoms with Crippen LogP contribution in [0.3, 0.4) is 0 Å². The van der Waals surface area contributed by atoms with Gasteiger partial charge in [0.05, 0.1) is 21.3 Å². The smallest absolute Gasteiger partial charge is 0.254 e. The monoisotopic (exact) mass is 464 g/mol. The largest absolute Gasteiger partial charge is 0.493 e. The lowest BCUT2D eigenvalue weighted by atomic mass is 10.0. The number of carbonyl (C=O) groups excluding carboxylic acids is 2. The van der Waals surface area contributed by atoms with Crippen molar-refractivity contribution >= 4 is 28.3 Å². The second-order valence-electron chi connectivity index (χ2n) is 7.55. The number of fused-ring (bicyclic) bond motifs is 1. The molecule has 0 atom stereocenters. The Labute approximate surface area is 195 Å². The number of nitrogens with zero attached hydrogens (tertiary/aromatic N) is 1. The summed E-state index contributed by atoms with van der Waals surface area (Å²) in [6.07, 6.45) is 0.588. The van der Waals surface area contributed by atoms with E-state index < -0.39 is 0 Å². The number of benzene rings is 2. The number of methoxy groups -OCH3 is 3. The summed E-state index contributed by atoms with van der Waals surface area (Å²) in [5.74, 6) is 1.67. The van der Waals surface area contributed by atoms with Crippen LogP contribution in [0.1, 0.15) is 33.9 Å². The van der Waals surface area contributed by atoms with E-state index in [-0.39, 0.29) is 23.9 Å². The molecular weight excluding hydrogens is 440 g/mol. The average molecular weight is 464 g/mol. The number of aromatic nitrogens is 1. The molecule has 2 aromatic carbocycles. The zero-order chi connectivity index (χ0) is 24.2. The first kappa shape index (κ1) is 22.9. The molecule has 0 radical (unpaired) electrons. The van der Waals surface area contributed by atoms with Crippen molar-refractivity contribution in [2.75, 3.05) is 26.6 Å². The normalized spacial score (nSPS) is 10.8. The second-order valence-corrected chi connectivity index (χ2v) is 7.55. The standard InChI is InChI=1S/C25H24N2O7/c1-14-18-8-6-16(26-22(28)10-7-17-13-23(32-4)27-34-17)12-20(18)33-25(14)24(29)15-5-9-19(30-2)21(11-15)31-3/h5-6,8-9,11-13H,7,10H2,1-4H3,(H,26,28). The summed E-state index contributed by atoms with van der Waals surface area (Å²) >= 11 is 0. The van der Waals surface area contributed by atoms with Gasteiger partial charge in [0.25, 0.3) is 5.88 Å². The van der Waals surface area contributed by atoms with Crippen LogP contribution in [0.4, 0.5) is 5.69 Å². The van der Waals surface area contributed by atoms with Crippen LogP contribution in [0.5, 0.6) is 17.4 Å². The van der Waals surface area contributed by atoms with Gasteiger partial charge in [-0.05, 0) is 42.4 Å². The van der Waals surface area contributed by atoms with Crippen LogP contribution in [0, 0.1) is 6.92 Å². The van der Waals surface area contributed by atoms with Gasteiger partial charge in [-0.25, -0.2) is 0 Å². The first-order chi connectivity index (χ1) is 16.4. The number of aryl methyl sites for hydroxylation is 2. The first-order valence-electron chi connectivity index (χ1n) is 10.5. The highest BCUT2D eigenvalue weighted by molar-refractivity contribution is 6.11. The van der Waals surface area contributed by atoms with Crippen molar-refractivity contribution in [3.05, 3.63) is 65.1 Å². The fourth-order valence-electron chi connectivity index (χ4n) is 3.60. The molecule has 1 N–H and O–H groups in total. The fraction of sp³-hybridized carbons (Fsp3) is 0.240. The maximum Gasteiger partial charge on any atom is 0.254 e. The Bertz CT molecular complexity index is 1350. The highest BCUT2D eigenvalue weighted by atomic mass is 16.5. The van der Waals surface area contributed by atoms with Gasteiger partial charge in [-0.2, -0.15) is 0 Å². The lowest BCUT2D eigenvalue weighted by Crippen LogP contribution is -2.12. The number of ether oxygens (including phenoxy) is 3. The summed E-state index contributed by atoms with van der Waals surface area (Å²) in [6.45, 7) is 1.82. The van der Waals surface area contributed by atoms with E-state index in [1.165, 1.54) is 21.3 Å². The molecule has 176 valence electrons. The van der Waals surface area contributed by atoms with Gasteiger partial charge in [-0.3, -0.25) is 9.59 Å². The summed E-state index contributed by atoms with van der Waals surface area (Å²) in [4.78, 5) is 25.5. The van der Waals surface area contributed by atoms with Gasteiger partial charge in [0.15, 0.2) is 17.3 Å². The van der Waals surface area contributed by atoms with E-state index in [1.807, 2.05) is 13.0 Å². The zero-order valence-electron chi connectivity index (χ0n) is 19.3. The molecule has 2 heterocycles. The van der Waals surface area contributed by atoms with Crippen LogP contribution in [0.15, 0.2) is 51.4 Å². The van der Waals surface area contributed by atoms with Crippen LogP contribution >= 0.6 is 0 Å². The van der Waals surface area contributed by atoms with Crippen molar-refractivity contribution in [1.82, 2.24) is 5.16 Å². The van der Waals surface area contributed by atoms with Gasteiger partial charge in [-0.1, -0.05) is 0 Å². The van der Waals surface area contributed by atoms with Gasteiger partial charge in [0.1, 0.15) is 11.3 Å². The van der Waals surface area contributed by atoms with Crippen molar-refractivity contribution in [2.24, 2.45) is 0 Å². The summed E-state index contributed by atoms with van der Waals surface area (Å²) < 4.78 is 26.5. The van der Waals surface area contributed by atoms with Gasteiger partial charge in [0.2, 0.25) is 11.7 Å². The third-order valence-electron chi connectivity index (χ3n) is 5.42. The molecule has 4 rings (SSSR count). The van der Waals surface area contributed by atoms with Crippen LogP contribution in [0.2, 0.25) is 0 Å². The highest BCUT2D eigenvalue weighted by Crippen LogP contribution is 2.32. The van der Waals surface area contributed by atoms with Crippen LogP contribution in [0.25, 0.3) is 11.0 Å². The van der Waals surface area contributed by atoms with E-state index in [0.29, 0.717) is 52.0 Å². The molecule has 0 spiro atoms. The molecule has 0 aliphatic heterocycles. The Balaban J connectivity index is 1.50. The molecule has 9 nitrogen and oxygen atoms in total. The minimum absolute atomic E-state index is 0.195. The minimum Gasteiger partial charge on any atom is -0.493 e. The van der Waals surface area contributed by atoms with E-state index in [4.69, 9.17) is 23.2 Å². The molecule has 0 bridgehead atoms. The van der Waals surface area contributed by atoms with Gasteiger partial charge >= 0.3 is 0 Å². The Morgan fingerprint density at radius 3 is 2.47 bits per heavy atom. The quantitative estimate of drug-likeness (QED) is 0.359. The molecule has 0 unspecified atom stereocenters. The Hall–Kier alpha value is -4.27. The summed E-state index contributed by atoms with van der Waals surface area (Å²) in [5.41, 5.74) is 2.19. The topological polar surface area (TPSA) is 113 Å². The molecule has 1 amide bonds. The summed E-state index contributed by atoms with van der Waals surface area (Å²) in [6, 6.07) is 11.9. The van der Waals surface area contributed by atoms with Crippen molar-refractivity contribution in [2.45, 2.75) is 19.8 Å². The number of hydrogen-bond donors (Lipinski definition) is 1. The SMILES string of the molecule is COc1cc(CCC(=O)Nc2ccc3c(C)c(C(=O)c4ccc(OC)c(OC)c4)oc3c2)on1. The maximum atomic E-state index is 13.1. The van der Waals surface area contributed by atoms with Gasteiger partial charge in [0, 0.05) is 47.2 Å². The number of rotatable bonds is 9. The average Bonchev–Trinajstić information content (AvgIpc) is 3.45. The van der Waals surface area contributed by atoms with E-state index in [1.54, 1.807) is 36.4 Å². The van der Waals surface area contributed by atoms with E-state index in [9.17, 15) is 9.59 Å². The molecule has 0 saturated heterocycles. The van der Waals surface area contributed by atoms with Gasteiger partial charge < -0.3 is 28.5 Å². The molecule has 2 aromatic heterocycles. The number of nitrogens with one attached hydrogen (secondary N) is 1. The summed E-state index contributed by atoms with van der Waals surface area (Å²) in [7, 11) is 4.54. The number of anilines is 1. The third kappa shape index (κ3) is 4.59. The third-order valence-corrected chi connectivity index (χ3v) is 5.42. The molecule has 4 aromatic rings. The van der Waals surface area contributed by atoms with E-state index in [0.717, 1.165) is 5.39 Å². The predicted molar refractivity (Wildman–Crippen MR) is 124 cm³/mol. The summed E-state index contributed by atoms with van der Waals surface area (Å²) in [5, 5.41) is 7.34. The lowest BCUT2D eigenvalue weighted by Gasteiger charge is -2.08. The zero-order valence-corrected chi connectivity index (χ0v) is 19.3. The number of hydrogen-bond acceptors (Lipinski definition) is 8. The maximum absolute atomic E-state index is 13.1. The predicted octanol–water partition coefficient (Wildman–Crippen LogP) is 4.56. The highest BCUT2D eigenvalue weighted by Gasteiger charge is 2.21. The Kier molecular flexibility index (Phi) is 6.53. The van der Waals surface area contributed by atoms with Gasteiger partial charge in [-0.15, -0.1) is 0 Å². The minimum atomic E-state index is -0.275. The van der Waals surface area contributed by atoms with Crippen LogP contribution in [-0.2, 0) is 11.2 Å². The van der Waals surface area contributed by atoms with Crippen LogP contribution in [-0.4, -0.2) is 38.2 Å². The Morgan fingerprint density at radius 2 is 1.76 bits per heavy atom. The van der Waals surface area contributed by atoms with Crippen LogP contribution < -0.4 is 19.5 Å². The van der Waals surface area contributed by atoms with Crippen molar-refractivity contribution in [3.63, 3.8) is 0 Å². The molecule has 0 saturated carbocycles. The molecule has 0 aliphatic rings. The molecule has 0 aliphatic carbocycles. The van der Waals surface area contributed by atoms with E-state index in [2.05, 4.69) is 10.5 Å². The number of carbonyl (C=O) groups is 2. The molecule has 9 heteroatoms. The molecule has 0 fully saturated rings. The van der Waals surface area contributed by atoms with Crippen molar-refractivity contribution in [1.29, 1.82) is 0 Å². The number of amides is 1. The second kappa shape index (κ2) is 9.70. The number of furan rings is 1. The molecule has 34 heavy (non-hydrogen) atoms. The van der Waals surface area contributed by atoms with E-state index >= 15 is 0 Å². The van der Waals surface area contributed by atoms with Crippen molar-refractivity contribution in [3.8, 4) is 17.4 Å². The molecular formula is C25H24N2O7. The number of ketones is 1. The van der Waals surface area contributed by atoms with Crippen molar-refractivity contribution < 1.29 is 32.7 Å².